The zero-order chi connectivity index (χ0) is 24.2. The molecule has 8 heteroatoms. The van der Waals surface area contributed by atoms with E-state index < -0.39 is 0 Å². The number of benzene rings is 2. The van der Waals surface area contributed by atoms with Crippen molar-refractivity contribution in [3.8, 4) is 0 Å². The van der Waals surface area contributed by atoms with Crippen molar-refractivity contribution >= 4 is 39.1 Å². The number of rotatable bonds is 7. The minimum absolute atomic E-state index is 0.0327. The number of likely N-dealkylation sites (N-methyl/N-ethyl adjacent to an activating group) is 1. The third-order valence-corrected chi connectivity index (χ3v) is 7.69. The van der Waals surface area contributed by atoms with E-state index in [1.165, 1.54) is 9.71 Å². The third kappa shape index (κ3) is 5.28. The fourth-order valence-corrected chi connectivity index (χ4v) is 5.60. The molecule has 4 aromatic rings. The van der Waals surface area contributed by atoms with Gasteiger partial charge in [-0.2, -0.15) is 0 Å². The Kier molecular flexibility index (Phi) is 6.92. The van der Waals surface area contributed by atoms with Crippen molar-refractivity contribution in [1.82, 2.24) is 15.2 Å². The van der Waals surface area contributed by atoms with Gasteiger partial charge in [-0.05, 0) is 62.3 Å². The Bertz CT molecular complexity index is 1280. The zero-order valence-corrected chi connectivity index (χ0v) is 20.5. The molecule has 1 fully saturated rings. The van der Waals surface area contributed by atoms with E-state index in [1.54, 1.807) is 53.8 Å². The number of anilines is 1. The number of nitrogens with zero attached hydrogens (tertiary/aromatic N) is 3. The number of amides is 2. The second-order valence-corrected chi connectivity index (χ2v) is 9.86. The van der Waals surface area contributed by atoms with Gasteiger partial charge in [0, 0.05) is 13.0 Å². The number of para-hydroxylation sites is 2. The number of likely N-dealkylation sites (tertiary alicyclic amines) is 1. The fourth-order valence-electron chi connectivity index (χ4n) is 4.47. The average Bonchev–Trinajstić information content (AvgIpc) is 3.57. The van der Waals surface area contributed by atoms with Crippen molar-refractivity contribution in [2.24, 2.45) is 0 Å². The second-order valence-electron chi connectivity index (χ2n) is 8.80. The third-order valence-electron chi connectivity index (χ3n) is 6.49. The van der Waals surface area contributed by atoms with Crippen LogP contribution in [0.15, 0.2) is 71.3 Å². The van der Waals surface area contributed by atoms with Crippen LogP contribution in [0.1, 0.15) is 39.9 Å². The summed E-state index contributed by atoms with van der Waals surface area (Å²) in [4.78, 5) is 34.5. The first-order valence-electron chi connectivity index (χ1n) is 11.8. The molecule has 3 heterocycles. The van der Waals surface area contributed by atoms with Gasteiger partial charge < -0.3 is 14.6 Å². The number of carbonyl (C=O) groups excluding carboxylic acids is 2. The van der Waals surface area contributed by atoms with Gasteiger partial charge in [0.1, 0.15) is 5.76 Å². The van der Waals surface area contributed by atoms with Crippen molar-refractivity contribution in [2.75, 3.05) is 31.6 Å². The summed E-state index contributed by atoms with van der Waals surface area (Å²) < 4.78 is 6.51. The molecule has 0 bridgehead atoms. The molecule has 0 aliphatic carbocycles. The maximum Gasteiger partial charge on any atom is 0.253 e. The van der Waals surface area contributed by atoms with E-state index in [1.807, 2.05) is 18.2 Å². The topological polar surface area (TPSA) is 78.7 Å². The van der Waals surface area contributed by atoms with Crippen LogP contribution >= 0.6 is 11.3 Å². The van der Waals surface area contributed by atoms with E-state index in [2.05, 4.69) is 28.4 Å². The number of thiazole rings is 1. The first kappa shape index (κ1) is 23.3. The summed E-state index contributed by atoms with van der Waals surface area (Å²) in [5.74, 6) is 0.840. The smallest absolute Gasteiger partial charge is 0.253 e. The number of nitrogens with one attached hydrogen (secondary N) is 1. The largest absolute Gasteiger partial charge is 0.467 e. The highest BCUT2D eigenvalue weighted by atomic mass is 32.1. The maximum atomic E-state index is 13.1. The molecule has 2 aromatic carbocycles. The van der Waals surface area contributed by atoms with Crippen molar-refractivity contribution in [3.05, 3.63) is 83.3 Å². The Balaban J connectivity index is 1.18. The number of hydrogen-bond donors (Lipinski definition) is 1. The molecular weight excluding hydrogens is 460 g/mol. The number of hydrogen-bond acceptors (Lipinski definition) is 6. The lowest BCUT2D eigenvalue weighted by Gasteiger charge is -2.32. The average molecular weight is 489 g/mol. The van der Waals surface area contributed by atoms with Gasteiger partial charge in [-0.15, -0.1) is 11.3 Å². The highest BCUT2D eigenvalue weighted by molar-refractivity contribution is 7.18. The fraction of sp³-hybridized carbons (Fsp3) is 0.296. The lowest BCUT2D eigenvalue weighted by molar-refractivity contribution is -0.119. The van der Waals surface area contributed by atoms with E-state index in [-0.39, 0.29) is 11.8 Å². The van der Waals surface area contributed by atoms with Crippen LogP contribution in [0.2, 0.25) is 0 Å². The summed E-state index contributed by atoms with van der Waals surface area (Å²) in [6, 6.07) is 19.0. The Labute approximate surface area is 208 Å². The molecule has 0 saturated carbocycles. The molecule has 0 spiro atoms. The van der Waals surface area contributed by atoms with Crippen LogP contribution < -0.4 is 10.2 Å². The van der Waals surface area contributed by atoms with Crippen molar-refractivity contribution in [2.45, 2.75) is 25.3 Å². The summed E-state index contributed by atoms with van der Waals surface area (Å²) in [6.07, 6.45) is 3.55. The van der Waals surface area contributed by atoms with E-state index in [0.29, 0.717) is 36.0 Å². The van der Waals surface area contributed by atoms with Crippen LogP contribution in [-0.2, 0) is 11.3 Å². The molecule has 180 valence electrons. The Morgan fingerprint density at radius 3 is 2.63 bits per heavy atom. The quantitative estimate of drug-likeness (QED) is 0.409. The molecule has 5 rings (SSSR count). The van der Waals surface area contributed by atoms with Gasteiger partial charge >= 0.3 is 0 Å². The highest BCUT2D eigenvalue weighted by Crippen LogP contribution is 2.33. The van der Waals surface area contributed by atoms with E-state index in [0.717, 1.165) is 31.4 Å². The SMILES string of the molecule is CN(C(=O)CN1CCC(c2nc3ccccc3s2)CC1)c1ccccc1C(=O)NCc1ccco1. The van der Waals surface area contributed by atoms with Gasteiger partial charge in [0.25, 0.3) is 5.91 Å². The molecule has 7 nitrogen and oxygen atoms in total. The number of furan rings is 1. The summed E-state index contributed by atoms with van der Waals surface area (Å²) in [7, 11) is 1.73. The summed E-state index contributed by atoms with van der Waals surface area (Å²) in [6.45, 7) is 2.32. The van der Waals surface area contributed by atoms with Crippen molar-refractivity contribution in [3.63, 3.8) is 0 Å². The first-order chi connectivity index (χ1) is 17.1. The predicted octanol–water partition coefficient (Wildman–Crippen LogP) is 4.66. The molecule has 1 aliphatic heterocycles. The molecule has 2 amide bonds. The van der Waals surface area contributed by atoms with Crippen LogP contribution in [0, 0.1) is 0 Å². The van der Waals surface area contributed by atoms with Crippen molar-refractivity contribution in [1.29, 1.82) is 0 Å². The summed E-state index contributed by atoms with van der Waals surface area (Å²) in [5, 5.41) is 4.06. The number of carbonyl (C=O) groups is 2. The minimum Gasteiger partial charge on any atom is -0.467 e. The van der Waals surface area contributed by atoms with Crippen LogP contribution in [0.25, 0.3) is 10.2 Å². The predicted molar refractivity (Wildman–Crippen MR) is 138 cm³/mol. The first-order valence-corrected chi connectivity index (χ1v) is 12.6. The van der Waals surface area contributed by atoms with Gasteiger partial charge in [0.15, 0.2) is 0 Å². The van der Waals surface area contributed by atoms with E-state index >= 15 is 0 Å². The maximum absolute atomic E-state index is 13.1. The highest BCUT2D eigenvalue weighted by Gasteiger charge is 2.26. The van der Waals surface area contributed by atoms with Crippen LogP contribution in [0.3, 0.4) is 0 Å². The molecular formula is C27H28N4O3S. The van der Waals surface area contributed by atoms with Gasteiger partial charge in [0.2, 0.25) is 5.91 Å². The van der Waals surface area contributed by atoms with Gasteiger partial charge in [-0.1, -0.05) is 24.3 Å². The molecule has 1 N–H and O–H groups in total. The standard InChI is InChI=1S/C27H28N4O3S/c1-30(23-10-4-2-8-21(23)26(33)28-17-20-7-6-16-34-20)25(32)18-31-14-12-19(13-15-31)27-29-22-9-3-5-11-24(22)35-27/h2-11,16,19H,12-15,17-18H2,1H3,(H,28,33). The normalized spacial score (nSPS) is 14.8. The molecule has 2 aromatic heterocycles. The Hall–Kier alpha value is -3.49. The van der Waals surface area contributed by atoms with Gasteiger partial charge in [-0.3, -0.25) is 14.5 Å². The molecule has 1 aliphatic rings. The minimum atomic E-state index is -0.242. The molecule has 35 heavy (non-hydrogen) atoms. The van der Waals surface area contributed by atoms with E-state index in [9.17, 15) is 9.59 Å². The summed E-state index contributed by atoms with van der Waals surface area (Å²) in [5.41, 5.74) is 2.13. The Morgan fingerprint density at radius 2 is 1.86 bits per heavy atom. The lowest BCUT2D eigenvalue weighted by Crippen LogP contribution is -2.42. The van der Waals surface area contributed by atoms with Gasteiger partial charge in [-0.25, -0.2) is 4.98 Å². The zero-order valence-electron chi connectivity index (χ0n) is 19.6. The molecule has 0 radical (unpaired) electrons. The summed E-state index contributed by atoms with van der Waals surface area (Å²) >= 11 is 1.78. The van der Waals surface area contributed by atoms with Crippen LogP contribution in [-0.4, -0.2) is 48.4 Å². The lowest BCUT2D eigenvalue weighted by atomic mass is 9.97. The molecule has 0 atom stereocenters. The number of piperidine rings is 1. The van der Waals surface area contributed by atoms with Crippen LogP contribution in [0.5, 0.6) is 0 Å². The van der Waals surface area contributed by atoms with Crippen LogP contribution in [0.4, 0.5) is 5.69 Å². The second kappa shape index (κ2) is 10.4. The number of fused-ring (bicyclic) bond motifs is 1. The van der Waals surface area contributed by atoms with Gasteiger partial charge in [0.05, 0.1) is 45.8 Å². The Morgan fingerprint density at radius 1 is 1.09 bits per heavy atom. The molecule has 1 saturated heterocycles. The monoisotopic (exact) mass is 488 g/mol. The molecule has 0 unspecified atom stereocenters. The van der Waals surface area contributed by atoms with E-state index in [4.69, 9.17) is 9.40 Å². The number of aromatic nitrogens is 1. The van der Waals surface area contributed by atoms with Crippen molar-refractivity contribution < 1.29 is 14.0 Å².